The molecule has 1 aliphatic rings. The number of amides is 2. The van der Waals surface area contributed by atoms with Gasteiger partial charge in [0.1, 0.15) is 10.9 Å². The third-order valence-electron chi connectivity index (χ3n) is 3.95. The molecule has 2 amide bonds. The van der Waals surface area contributed by atoms with Crippen molar-refractivity contribution < 1.29 is 18.0 Å². The molecule has 6 nitrogen and oxygen atoms in total. The summed E-state index contributed by atoms with van der Waals surface area (Å²) < 4.78 is 25.9. The Morgan fingerprint density at radius 3 is 2.44 bits per heavy atom. The molecule has 0 aliphatic carbocycles. The molecule has 1 N–H and O–H groups in total. The molecule has 130 valence electrons. The number of benzene rings is 2. The van der Waals surface area contributed by atoms with Crippen molar-refractivity contribution in [2.24, 2.45) is 0 Å². The van der Waals surface area contributed by atoms with Crippen molar-refractivity contribution in [3.05, 3.63) is 54.1 Å². The molecule has 0 bridgehead atoms. The number of fused-ring (bicyclic) bond motifs is 1. The number of carbonyl (C=O) groups is 2. The van der Waals surface area contributed by atoms with Gasteiger partial charge < -0.3 is 5.32 Å². The lowest BCUT2D eigenvalue weighted by Crippen LogP contribution is -2.45. The van der Waals surface area contributed by atoms with Crippen molar-refractivity contribution in [3.63, 3.8) is 0 Å². The van der Waals surface area contributed by atoms with Gasteiger partial charge in [0.05, 0.1) is 11.3 Å². The van der Waals surface area contributed by atoms with E-state index >= 15 is 0 Å². The van der Waals surface area contributed by atoms with E-state index < -0.39 is 27.9 Å². The van der Waals surface area contributed by atoms with E-state index in [1.54, 1.807) is 24.3 Å². The molecule has 3 rings (SSSR count). The summed E-state index contributed by atoms with van der Waals surface area (Å²) >= 11 is 1.46. The van der Waals surface area contributed by atoms with Crippen molar-refractivity contribution in [1.82, 2.24) is 4.31 Å². The lowest BCUT2D eigenvalue weighted by Gasteiger charge is -2.22. The summed E-state index contributed by atoms with van der Waals surface area (Å²) in [4.78, 5) is 25.9. The molecular weight excluding hydrogens is 360 g/mol. The van der Waals surface area contributed by atoms with Crippen molar-refractivity contribution in [3.8, 4) is 0 Å². The fourth-order valence-corrected chi connectivity index (χ4v) is 4.96. The van der Waals surface area contributed by atoms with E-state index in [0.29, 0.717) is 9.99 Å². The number of sulfonamides is 1. The highest BCUT2D eigenvalue weighted by atomic mass is 32.2. The first-order valence-corrected chi connectivity index (χ1v) is 10.2. The highest BCUT2D eigenvalue weighted by Gasteiger charge is 2.45. The van der Waals surface area contributed by atoms with Crippen LogP contribution in [0.4, 0.5) is 5.69 Å². The summed E-state index contributed by atoms with van der Waals surface area (Å²) in [5.41, 5.74) is 0.667. The summed E-state index contributed by atoms with van der Waals surface area (Å²) in [6.45, 7) is 1.40. The molecule has 2 aromatic carbocycles. The first kappa shape index (κ1) is 17.5. The Labute approximate surface area is 150 Å². The van der Waals surface area contributed by atoms with E-state index in [1.165, 1.54) is 30.8 Å². The third-order valence-corrected chi connectivity index (χ3v) is 6.66. The average Bonchev–Trinajstić information content (AvgIpc) is 2.81. The van der Waals surface area contributed by atoms with Gasteiger partial charge in [-0.25, -0.2) is 12.7 Å². The molecule has 1 aliphatic heterocycles. The Kier molecular flexibility index (Phi) is 4.57. The third kappa shape index (κ3) is 2.91. The molecule has 0 saturated heterocycles. The van der Waals surface area contributed by atoms with Crippen LogP contribution < -0.4 is 5.32 Å². The molecule has 8 heteroatoms. The van der Waals surface area contributed by atoms with Crippen LogP contribution in [-0.4, -0.2) is 36.8 Å². The summed E-state index contributed by atoms with van der Waals surface area (Å²) in [6, 6.07) is 12.0. The molecule has 2 aromatic rings. The number of rotatable bonds is 4. The van der Waals surface area contributed by atoms with Crippen LogP contribution in [0.2, 0.25) is 0 Å². The summed E-state index contributed by atoms with van der Waals surface area (Å²) in [6.07, 6.45) is 1.87. The van der Waals surface area contributed by atoms with Gasteiger partial charge in [-0.05, 0) is 37.4 Å². The van der Waals surface area contributed by atoms with Gasteiger partial charge in [-0.1, -0.05) is 24.3 Å². The average molecular weight is 376 g/mol. The van der Waals surface area contributed by atoms with Crippen LogP contribution in [0.25, 0.3) is 0 Å². The Balaban J connectivity index is 1.90. The summed E-state index contributed by atoms with van der Waals surface area (Å²) in [5.74, 6) is -1.25. The monoisotopic (exact) mass is 376 g/mol. The van der Waals surface area contributed by atoms with Crippen LogP contribution in [0.1, 0.15) is 17.3 Å². The highest BCUT2D eigenvalue weighted by Crippen LogP contribution is 2.32. The number of hydrogen-bond acceptors (Lipinski definition) is 5. The normalized spacial score (nSPS) is 16.4. The van der Waals surface area contributed by atoms with E-state index in [-0.39, 0.29) is 10.5 Å². The van der Waals surface area contributed by atoms with Gasteiger partial charge >= 0.3 is 0 Å². The standard InChI is InChI=1S/C17H16N2O4S2/c1-11(16(20)18-13-8-4-5-9-14(13)24-2)19-17(21)12-7-3-6-10-15(12)25(19,22)23/h3-11H,1-2H3,(H,18,20)/t11-/m1/s1. The van der Waals surface area contributed by atoms with Crippen LogP contribution in [0.3, 0.4) is 0 Å². The molecule has 0 spiro atoms. The lowest BCUT2D eigenvalue weighted by atomic mass is 10.2. The van der Waals surface area contributed by atoms with Crippen LogP contribution in [0.15, 0.2) is 58.3 Å². The predicted octanol–water partition coefficient (Wildman–Crippen LogP) is 2.58. The fraction of sp³-hybridized carbons (Fsp3) is 0.176. The Morgan fingerprint density at radius 1 is 1.12 bits per heavy atom. The maximum atomic E-state index is 12.6. The Morgan fingerprint density at radius 2 is 1.76 bits per heavy atom. The largest absolute Gasteiger partial charge is 0.323 e. The summed E-state index contributed by atoms with van der Waals surface area (Å²) in [5, 5.41) is 2.71. The number of nitrogens with one attached hydrogen (secondary N) is 1. The van der Waals surface area contributed by atoms with Gasteiger partial charge in [-0.2, -0.15) is 0 Å². The number of thioether (sulfide) groups is 1. The maximum absolute atomic E-state index is 12.6. The first-order chi connectivity index (χ1) is 11.9. The van der Waals surface area contributed by atoms with Crippen LogP contribution in [0.5, 0.6) is 0 Å². The molecule has 0 aromatic heterocycles. The van der Waals surface area contributed by atoms with Gasteiger partial charge in [0.2, 0.25) is 5.91 Å². The van der Waals surface area contributed by atoms with E-state index in [2.05, 4.69) is 5.32 Å². The molecule has 1 heterocycles. The van der Waals surface area contributed by atoms with Gasteiger partial charge in [0, 0.05) is 4.90 Å². The first-order valence-electron chi connectivity index (χ1n) is 7.49. The van der Waals surface area contributed by atoms with E-state index in [4.69, 9.17) is 0 Å². The van der Waals surface area contributed by atoms with Crippen molar-refractivity contribution in [2.45, 2.75) is 22.8 Å². The second-order valence-corrected chi connectivity index (χ2v) is 8.10. The van der Waals surface area contributed by atoms with Crippen molar-refractivity contribution in [2.75, 3.05) is 11.6 Å². The summed E-state index contributed by atoms with van der Waals surface area (Å²) in [7, 11) is -4.03. The fourth-order valence-electron chi connectivity index (χ4n) is 2.68. The predicted molar refractivity (Wildman–Crippen MR) is 96.1 cm³/mol. The minimum atomic E-state index is -4.03. The zero-order valence-corrected chi connectivity index (χ0v) is 15.2. The van der Waals surface area contributed by atoms with Crippen LogP contribution >= 0.6 is 11.8 Å². The van der Waals surface area contributed by atoms with Crippen molar-refractivity contribution in [1.29, 1.82) is 0 Å². The molecule has 0 saturated carbocycles. The topological polar surface area (TPSA) is 83.6 Å². The second-order valence-electron chi connectivity index (χ2n) is 5.47. The Hall–Kier alpha value is -2.32. The van der Waals surface area contributed by atoms with E-state index in [0.717, 1.165) is 4.90 Å². The van der Waals surface area contributed by atoms with Crippen molar-refractivity contribution >= 4 is 39.3 Å². The zero-order valence-electron chi connectivity index (χ0n) is 13.6. The SMILES string of the molecule is CSc1ccccc1NC(=O)[C@@H](C)N1C(=O)c2ccccc2S1(=O)=O. The molecule has 1 atom stereocenters. The van der Waals surface area contributed by atoms with Gasteiger partial charge in [-0.15, -0.1) is 11.8 Å². The van der Waals surface area contributed by atoms with Crippen LogP contribution in [-0.2, 0) is 14.8 Å². The minimum absolute atomic E-state index is 0.0656. The number of para-hydroxylation sites is 1. The lowest BCUT2D eigenvalue weighted by molar-refractivity contribution is -0.118. The van der Waals surface area contributed by atoms with Crippen LogP contribution in [0, 0.1) is 0 Å². The number of carbonyl (C=O) groups excluding carboxylic acids is 2. The zero-order chi connectivity index (χ0) is 18.2. The smallest absolute Gasteiger partial charge is 0.269 e. The molecule has 25 heavy (non-hydrogen) atoms. The minimum Gasteiger partial charge on any atom is -0.323 e. The number of hydrogen-bond donors (Lipinski definition) is 1. The molecular formula is C17H16N2O4S2. The molecule has 0 fully saturated rings. The maximum Gasteiger partial charge on any atom is 0.269 e. The van der Waals surface area contributed by atoms with Gasteiger partial charge in [-0.3, -0.25) is 9.59 Å². The Bertz CT molecular complexity index is 957. The quantitative estimate of drug-likeness (QED) is 0.829. The highest BCUT2D eigenvalue weighted by molar-refractivity contribution is 7.98. The molecule has 0 radical (unpaired) electrons. The number of anilines is 1. The van der Waals surface area contributed by atoms with E-state index in [1.807, 2.05) is 18.4 Å². The van der Waals surface area contributed by atoms with Gasteiger partial charge in [0.15, 0.2) is 0 Å². The van der Waals surface area contributed by atoms with Gasteiger partial charge in [0.25, 0.3) is 15.9 Å². The number of nitrogens with zero attached hydrogens (tertiary/aromatic N) is 1. The van der Waals surface area contributed by atoms with E-state index in [9.17, 15) is 18.0 Å². The molecule has 0 unspecified atom stereocenters. The second kappa shape index (κ2) is 6.53.